The molecule has 1 aliphatic carbocycles. The van der Waals surface area contributed by atoms with Gasteiger partial charge >= 0.3 is 0 Å². The summed E-state index contributed by atoms with van der Waals surface area (Å²) in [5, 5.41) is 11.0. The van der Waals surface area contributed by atoms with E-state index in [9.17, 15) is 4.79 Å². The molecular formula is C17H20N4O. The van der Waals surface area contributed by atoms with Crippen molar-refractivity contribution in [2.45, 2.75) is 50.1 Å². The molecule has 1 aliphatic heterocycles. The van der Waals surface area contributed by atoms with Crippen molar-refractivity contribution in [2.24, 2.45) is 10.2 Å². The van der Waals surface area contributed by atoms with Crippen LogP contribution in [0.1, 0.15) is 60.5 Å². The summed E-state index contributed by atoms with van der Waals surface area (Å²) in [5.74, 6) is 3.09. The molecule has 0 saturated heterocycles. The second-order valence-corrected chi connectivity index (χ2v) is 5.99. The molecule has 1 fully saturated rings. The number of rotatable bonds is 7. The third-order valence-corrected chi connectivity index (χ3v) is 4.44. The van der Waals surface area contributed by atoms with E-state index in [2.05, 4.69) is 26.4 Å². The van der Waals surface area contributed by atoms with Crippen molar-refractivity contribution >= 4 is 5.91 Å². The molecule has 5 heteroatoms. The van der Waals surface area contributed by atoms with Crippen molar-refractivity contribution in [2.75, 3.05) is 6.54 Å². The van der Waals surface area contributed by atoms with Gasteiger partial charge in [0, 0.05) is 43.6 Å². The van der Waals surface area contributed by atoms with E-state index in [1.54, 1.807) is 6.20 Å². The van der Waals surface area contributed by atoms with Crippen LogP contribution in [0.25, 0.3) is 0 Å². The molecule has 1 aromatic heterocycles. The molecule has 22 heavy (non-hydrogen) atoms. The van der Waals surface area contributed by atoms with Crippen LogP contribution in [0.3, 0.4) is 0 Å². The lowest BCUT2D eigenvalue weighted by atomic mass is 9.82. The molecule has 114 valence electrons. The van der Waals surface area contributed by atoms with Gasteiger partial charge in [0.25, 0.3) is 5.91 Å². The Morgan fingerprint density at radius 2 is 2.18 bits per heavy atom. The Bertz CT molecular complexity index is 605. The van der Waals surface area contributed by atoms with Gasteiger partial charge in [0.1, 0.15) is 0 Å². The lowest BCUT2D eigenvalue weighted by Gasteiger charge is -2.24. The molecule has 1 N–H and O–H groups in total. The molecule has 0 spiro atoms. The van der Waals surface area contributed by atoms with Crippen LogP contribution in [0, 0.1) is 12.3 Å². The number of pyridine rings is 1. The molecule has 1 amide bonds. The van der Waals surface area contributed by atoms with E-state index in [0.29, 0.717) is 30.9 Å². The Labute approximate surface area is 130 Å². The van der Waals surface area contributed by atoms with E-state index < -0.39 is 0 Å². The highest BCUT2D eigenvalue weighted by Crippen LogP contribution is 2.36. The molecule has 0 atom stereocenters. The van der Waals surface area contributed by atoms with Crippen LogP contribution in [0.4, 0.5) is 0 Å². The van der Waals surface area contributed by atoms with Gasteiger partial charge < -0.3 is 5.32 Å². The van der Waals surface area contributed by atoms with Gasteiger partial charge in [0.2, 0.25) is 0 Å². The second kappa shape index (κ2) is 6.27. The molecule has 1 aromatic rings. The fourth-order valence-corrected chi connectivity index (χ4v) is 2.63. The first-order valence-electron chi connectivity index (χ1n) is 7.84. The summed E-state index contributed by atoms with van der Waals surface area (Å²) in [6.07, 6.45) is 12.8. The topological polar surface area (TPSA) is 66.7 Å². The molecule has 2 heterocycles. The normalized spacial score (nSPS) is 18.3. The van der Waals surface area contributed by atoms with Gasteiger partial charge in [0.15, 0.2) is 5.66 Å². The van der Waals surface area contributed by atoms with Gasteiger partial charge in [-0.1, -0.05) is 6.42 Å². The number of hydrogen-bond acceptors (Lipinski definition) is 4. The van der Waals surface area contributed by atoms with Crippen LogP contribution in [0.15, 0.2) is 28.6 Å². The molecule has 0 unspecified atom stereocenters. The average Bonchev–Trinajstić information content (AvgIpc) is 3.24. The Hall–Kier alpha value is -2.22. The SMILES string of the molecule is C#CCCC1(CCNC(=O)c2ccc(C3CCC3)nc2)N=N1. The highest BCUT2D eigenvalue weighted by atomic mass is 16.1. The Balaban J connectivity index is 1.45. The number of carbonyl (C=O) groups is 1. The van der Waals surface area contributed by atoms with Crippen LogP contribution >= 0.6 is 0 Å². The standard InChI is InChI=1S/C17H20N4O/c1-2-3-9-17(20-21-17)10-11-18-16(22)14-7-8-15(19-12-14)13-5-4-6-13/h1,7-8,12-13H,3-6,9-11H2,(H,18,22). The number of nitrogens with one attached hydrogen (secondary N) is 1. The van der Waals surface area contributed by atoms with Gasteiger partial charge in [-0.2, -0.15) is 10.2 Å². The lowest BCUT2D eigenvalue weighted by Crippen LogP contribution is -2.28. The Morgan fingerprint density at radius 1 is 1.36 bits per heavy atom. The number of nitrogens with zero attached hydrogens (tertiary/aromatic N) is 3. The molecule has 5 nitrogen and oxygen atoms in total. The van der Waals surface area contributed by atoms with Crippen LogP contribution < -0.4 is 5.32 Å². The van der Waals surface area contributed by atoms with Crippen molar-refractivity contribution in [1.29, 1.82) is 0 Å². The molecule has 0 bridgehead atoms. The summed E-state index contributed by atoms with van der Waals surface area (Å²) in [6.45, 7) is 0.542. The molecule has 2 aliphatic rings. The van der Waals surface area contributed by atoms with E-state index in [1.807, 2.05) is 12.1 Å². The van der Waals surface area contributed by atoms with E-state index in [1.165, 1.54) is 19.3 Å². The third-order valence-electron chi connectivity index (χ3n) is 4.44. The number of terminal acetylenes is 1. The van der Waals surface area contributed by atoms with Crippen LogP contribution in [-0.4, -0.2) is 23.1 Å². The molecule has 3 rings (SSSR count). The number of amides is 1. The number of carbonyl (C=O) groups excluding carboxylic acids is 1. The monoisotopic (exact) mass is 296 g/mol. The molecule has 0 aromatic carbocycles. The minimum Gasteiger partial charge on any atom is -0.352 e. The predicted octanol–water partition coefficient (Wildman–Crippen LogP) is 3.04. The van der Waals surface area contributed by atoms with Crippen molar-refractivity contribution in [3.63, 3.8) is 0 Å². The Morgan fingerprint density at radius 3 is 2.73 bits per heavy atom. The zero-order valence-corrected chi connectivity index (χ0v) is 12.6. The minimum absolute atomic E-state index is 0.0968. The first kappa shape index (κ1) is 14.7. The predicted molar refractivity (Wildman–Crippen MR) is 83.4 cm³/mol. The van der Waals surface area contributed by atoms with E-state index in [4.69, 9.17) is 6.42 Å². The smallest absolute Gasteiger partial charge is 0.252 e. The van der Waals surface area contributed by atoms with Gasteiger partial charge in [-0.3, -0.25) is 9.78 Å². The van der Waals surface area contributed by atoms with E-state index >= 15 is 0 Å². The van der Waals surface area contributed by atoms with Crippen molar-refractivity contribution in [3.05, 3.63) is 29.6 Å². The van der Waals surface area contributed by atoms with Crippen molar-refractivity contribution in [3.8, 4) is 12.3 Å². The fraction of sp³-hybridized carbons (Fsp3) is 0.529. The summed E-state index contributed by atoms with van der Waals surface area (Å²) in [6, 6.07) is 3.83. The van der Waals surface area contributed by atoms with Gasteiger partial charge in [0.05, 0.1) is 5.56 Å². The van der Waals surface area contributed by atoms with E-state index in [-0.39, 0.29) is 11.6 Å². The Kier molecular flexibility index (Phi) is 4.19. The minimum atomic E-state index is -0.341. The maximum Gasteiger partial charge on any atom is 0.252 e. The largest absolute Gasteiger partial charge is 0.352 e. The summed E-state index contributed by atoms with van der Waals surface area (Å²) in [5.41, 5.74) is 1.36. The van der Waals surface area contributed by atoms with Crippen LogP contribution in [-0.2, 0) is 0 Å². The van der Waals surface area contributed by atoms with Crippen molar-refractivity contribution in [1.82, 2.24) is 10.3 Å². The first-order valence-corrected chi connectivity index (χ1v) is 7.84. The first-order chi connectivity index (χ1) is 10.7. The number of aromatic nitrogens is 1. The zero-order valence-electron chi connectivity index (χ0n) is 12.6. The summed E-state index contributed by atoms with van der Waals surface area (Å²) in [7, 11) is 0. The van der Waals surface area contributed by atoms with Crippen LogP contribution in [0.5, 0.6) is 0 Å². The lowest BCUT2D eigenvalue weighted by molar-refractivity contribution is 0.0951. The maximum atomic E-state index is 12.1. The summed E-state index contributed by atoms with van der Waals surface area (Å²) >= 11 is 0. The number of hydrogen-bond donors (Lipinski definition) is 1. The highest BCUT2D eigenvalue weighted by molar-refractivity contribution is 5.93. The summed E-state index contributed by atoms with van der Waals surface area (Å²) in [4.78, 5) is 16.5. The molecular weight excluding hydrogens is 276 g/mol. The fourth-order valence-electron chi connectivity index (χ4n) is 2.63. The van der Waals surface area contributed by atoms with Gasteiger partial charge in [-0.05, 0) is 25.0 Å². The molecule has 1 saturated carbocycles. The highest BCUT2D eigenvalue weighted by Gasteiger charge is 2.38. The second-order valence-electron chi connectivity index (χ2n) is 5.99. The van der Waals surface area contributed by atoms with Crippen LogP contribution in [0.2, 0.25) is 0 Å². The van der Waals surface area contributed by atoms with Gasteiger partial charge in [-0.25, -0.2) is 0 Å². The maximum absolute atomic E-state index is 12.1. The summed E-state index contributed by atoms with van der Waals surface area (Å²) < 4.78 is 0. The average molecular weight is 296 g/mol. The zero-order chi connectivity index (χ0) is 15.4. The molecule has 0 radical (unpaired) electrons. The third kappa shape index (κ3) is 3.33. The van der Waals surface area contributed by atoms with Crippen molar-refractivity contribution < 1.29 is 4.79 Å². The quantitative estimate of drug-likeness (QED) is 0.786. The van der Waals surface area contributed by atoms with Gasteiger partial charge in [-0.15, -0.1) is 12.3 Å². The van der Waals surface area contributed by atoms with E-state index in [0.717, 1.165) is 12.1 Å².